The predicted molar refractivity (Wildman–Crippen MR) is 73.2 cm³/mol. The van der Waals surface area contributed by atoms with Crippen molar-refractivity contribution in [3.63, 3.8) is 0 Å². The van der Waals surface area contributed by atoms with Gasteiger partial charge in [-0.05, 0) is 36.6 Å². The van der Waals surface area contributed by atoms with E-state index in [1.165, 1.54) is 4.31 Å². The van der Waals surface area contributed by atoms with Gasteiger partial charge in [-0.1, -0.05) is 6.07 Å². The van der Waals surface area contributed by atoms with Gasteiger partial charge >= 0.3 is 0 Å². The molecule has 0 bridgehead atoms. The summed E-state index contributed by atoms with van der Waals surface area (Å²) in [4.78, 5) is 0.299. The van der Waals surface area contributed by atoms with Crippen LogP contribution in [0.1, 0.15) is 17.5 Å². The van der Waals surface area contributed by atoms with E-state index in [2.05, 4.69) is 0 Å². The monoisotopic (exact) mass is 284 g/mol. The topological polar surface area (TPSA) is 72.6 Å². The first-order chi connectivity index (χ1) is 8.96. The molecule has 0 amide bonds. The van der Waals surface area contributed by atoms with Crippen LogP contribution in [0, 0.1) is 6.92 Å². The highest BCUT2D eigenvalue weighted by Gasteiger charge is 2.30. The van der Waals surface area contributed by atoms with Crippen molar-refractivity contribution in [3.8, 4) is 0 Å². The molecule has 2 rings (SSSR count). The zero-order valence-corrected chi connectivity index (χ0v) is 12.1. The van der Waals surface area contributed by atoms with E-state index < -0.39 is 10.0 Å². The maximum absolute atomic E-state index is 12.5. The zero-order chi connectivity index (χ0) is 14.0. The van der Waals surface area contributed by atoms with Crippen molar-refractivity contribution < 1.29 is 13.2 Å². The van der Waals surface area contributed by atoms with Gasteiger partial charge in [0.05, 0.1) is 17.5 Å². The first-order valence-corrected chi connectivity index (χ1v) is 7.76. The Morgan fingerprint density at radius 3 is 2.79 bits per heavy atom. The summed E-state index contributed by atoms with van der Waals surface area (Å²) in [7, 11) is -1.87. The second-order valence-corrected chi connectivity index (χ2v) is 6.83. The van der Waals surface area contributed by atoms with E-state index in [0.717, 1.165) is 17.5 Å². The summed E-state index contributed by atoms with van der Waals surface area (Å²) in [6.07, 6.45) is 0.741. The van der Waals surface area contributed by atoms with Crippen molar-refractivity contribution in [1.82, 2.24) is 4.31 Å². The van der Waals surface area contributed by atoms with Crippen LogP contribution in [0.5, 0.6) is 0 Å². The lowest BCUT2D eigenvalue weighted by Gasteiger charge is -2.23. The molecule has 1 unspecified atom stereocenters. The molecule has 1 fully saturated rings. The number of likely N-dealkylation sites (N-methyl/N-ethyl adjacent to an activating group) is 1. The number of nitrogens with zero attached hydrogens (tertiary/aromatic N) is 1. The highest BCUT2D eigenvalue weighted by molar-refractivity contribution is 7.89. The quantitative estimate of drug-likeness (QED) is 0.890. The van der Waals surface area contributed by atoms with E-state index in [1.54, 1.807) is 25.2 Å². The second kappa shape index (κ2) is 5.58. The van der Waals surface area contributed by atoms with Crippen LogP contribution >= 0.6 is 0 Å². The molecule has 2 N–H and O–H groups in total. The molecule has 1 atom stereocenters. The zero-order valence-electron chi connectivity index (χ0n) is 11.3. The first-order valence-electron chi connectivity index (χ1n) is 6.32. The molecule has 1 aliphatic rings. The van der Waals surface area contributed by atoms with Gasteiger partial charge in [-0.3, -0.25) is 0 Å². The molecule has 0 spiro atoms. The van der Waals surface area contributed by atoms with Crippen molar-refractivity contribution in [2.24, 2.45) is 5.73 Å². The molecule has 19 heavy (non-hydrogen) atoms. The van der Waals surface area contributed by atoms with Crippen LogP contribution in [-0.2, 0) is 21.3 Å². The lowest BCUT2D eigenvalue weighted by molar-refractivity contribution is 0.181. The molecule has 5 nitrogen and oxygen atoms in total. The standard InChI is InChI=1S/C13H20N2O3S/c1-10-3-4-13(7-11(10)8-14)19(16,17)15(2)12-5-6-18-9-12/h3-4,7,12H,5-6,8-9,14H2,1-2H3. The highest BCUT2D eigenvalue weighted by Crippen LogP contribution is 2.22. The summed E-state index contributed by atoms with van der Waals surface area (Å²) in [5.41, 5.74) is 7.50. The maximum Gasteiger partial charge on any atom is 0.243 e. The number of ether oxygens (including phenoxy) is 1. The minimum Gasteiger partial charge on any atom is -0.380 e. The Bertz CT molecular complexity index is 551. The molecule has 1 aliphatic heterocycles. The van der Waals surface area contributed by atoms with Crippen molar-refractivity contribution in [2.75, 3.05) is 20.3 Å². The van der Waals surface area contributed by atoms with Crippen molar-refractivity contribution >= 4 is 10.0 Å². The first kappa shape index (κ1) is 14.5. The van der Waals surface area contributed by atoms with Gasteiger partial charge in [0, 0.05) is 20.2 Å². The molecule has 0 aliphatic carbocycles. The van der Waals surface area contributed by atoms with E-state index >= 15 is 0 Å². The average Bonchev–Trinajstić information content (AvgIpc) is 2.91. The smallest absolute Gasteiger partial charge is 0.243 e. The largest absolute Gasteiger partial charge is 0.380 e. The summed E-state index contributed by atoms with van der Waals surface area (Å²) >= 11 is 0. The van der Waals surface area contributed by atoms with E-state index in [4.69, 9.17) is 10.5 Å². The summed E-state index contributed by atoms with van der Waals surface area (Å²) in [6.45, 7) is 3.34. The van der Waals surface area contributed by atoms with Gasteiger partial charge in [0.1, 0.15) is 0 Å². The number of sulfonamides is 1. The Balaban J connectivity index is 2.33. The molecule has 1 aromatic carbocycles. The van der Waals surface area contributed by atoms with E-state index in [9.17, 15) is 8.42 Å². The predicted octanol–water partition coefficient (Wildman–Crippen LogP) is 0.863. The molecule has 1 heterocycles. The van der Waals surface area contributed by atoms with Crippen LogP contribution in [-0.4, -0.2) is 39.0 Å². The average molecular weight is 284 g/mol. The Morgan fingerprint density at radius 1 is 1.47 bits per heavy atom. The third-order valence-electron chi connectivity index (χ3n) is 3.64. The van der Waals surface area contributed by atoms with E-state index in [-0.39, 0.29) is 6.04 Å². The van der Waals surface area contributed by atoms with Gasteiger partial charge in [0.25, 0.3) is 0 Å². The number of aryl methyl sites for hydroxylation is 1. The maximum atomic E-state index is 12.5. The SMILES string of the molecule is Cc1ccc(S(=O)(=O)N(C)C2CCOC2)cc1CN. The molecule has 0 saturated carbocycles. The third kappa shape index (κ3) is 2.81. The Hall–Kier alpha value is -0.950. The number of hydrogen-bond acceptors (Lipinski definition) is 4. The van der Waals surface area contributed by atoms with Crippen LogP contribution in [0.3, 0.4) is 0 Å². The molecule has 0 aromatic heterocycles. The number of nitrogens with two attached hydrogens (primary N) is 1. The van der Waals surface area contributed by atoms with Crippen molar-refractivity contribution in [1.29, 1.82) is 0 Å². The van der Waals surface area contributed by atoms with Gasteiger partial charge in [-0.2, -0.15) is 4.31 Å². The molecular weight excluding hydrogens is 264 g/mol. The Kier molecular flexibility index (Phi) is 4.25. The molecule has 1 aromatic rings. The Labute approximate surface area is 114 Å². The number of benzene rings is 1. The van der Waals surface area contributed by atoms with Crippen molar-refractivity contribution in [2.45, 2.75) is 30.8 Å². The lowest BCUT2D eigenvalue weighted by atomic mass is 10.1. The summed E-state index contributed by atoms with van der Waals surface area (Å²) in [5.74, 6) is 0. The third-order valence-corrected chi connectivity index (χ3v) is 5.54. The number of rotatable bonds is 4. The fraction of sp³-hybridized carbons (Fsp3) is 0.538. The Morgan fingerprint density at radius 2 is 2.21 bits per heavy atom. The van der Waals surface area contributed by atoms with Gasteiger partial charge in [-0.15, -0.1) is 0 Å². The van der Waals surface area contributed by atoms with Crippen LogP contribution < -0.4 is 5.73 Å². The van der Waals surface area contributed by atoms with E-state index in [1.807, 2.05) is 6.92 Å². The molecule has 6 heteroatoms. The molecule has 1 saturated heterocycles. The fourth-order valence-corrected chi connectivity index (χ4v) is 3.62. The van der Waals surface area contributed by atoms with Gasteiger partial charge in [0.2, 0.25) is 10.0 Å². The normalized spacial score (nSPS) is 20.1. The minimum absolute atomic E-state index is 0.0763. The summed E-state index contributed by atoms with van der Waals surface area (Å²) in [6, 6.07) is 5.02. The number of hydrogen-bond donors (Lipinski definition) is 1. The van der Waals surface area contributed by atoms with Gasteiger partial charge in [0.15, 0.2) is 0 Å². The second-order valence-electron chi connectivity index (χ2n) is 4.83. The summed E-state index contributed by atoms with van der Waals surface area (Å²) in [5, 5.41) is 0. The lowest BCUT2D eigenvalue weighted by Crippen LogP contribution is -2.37. The van der Waals surface area contributed by atoms with Crippen LogP contribution in [0.25, 0.3) is 0 Å². The molecule has 106 valence electrons. The van der Waals surface area contributed by atoms with Crippen LogP contribution in [0.2, 0.25) is 0 Å². The van der Waals surface area contributed by atoms with Gasteiger partial charge in [-0.25, -0.2) is 8.42 Å². The minimum atomic E-state index is -3.47. The van der Waals surface area contributed by atoms with Crippen molar-refractivity contribution in [3.05, 3.63) is 29.3 Å². The highest BCUT2D eigenvalue weighted by atomic mass is 32.2. The van der Waals surface area contributed by atoms with Crippen LogP contribution in [0.4, 0.5) is 0 Å². The summed E-state index contributed by atoms with van der Waals surface area (Å²) < 4.78 is 31.7. The molecule has 0 radical (unpaired) electrons. The molecular formula is C13H20N2O3S. The van der Waals surface area contributed by atoms with Gasteiger partial charge < -0.3 is 10.5 Å². The van der Waals surface area contributed by atoms with Crippen LogP contribution in [0.15, 0.2) is 23.1 Å². The fourth-order valence-electron chi connectivity index (χ4n) is 2.20. The van der Waals surface area contributed by atoms with E-state index in [0.29, 0.717) is 24.7 Å².